The van der Waals surface area contributed by atoms with E-state index in [0.717, 1.165) is 6.54 Å². The highest BCUT2D eigenvalue weighted by atomic mass is 16.1. The minimum atomic E-state index is 0.124. The van der Waals surface area contributed by atoms with Gasteiger partial charge in [-0.1, -0.05) is 27.7 Å². The fourth-order valence-corrected chi connectivity index (χ4v) is 2.08. The van der Waals surface area contributed by atoms with Crippen molar-refractivity contribution in [3.63, 3.8) is 0 Å². The largest absolute Gasteiger partial charge is 0.307 e. The highest BCUT2D eigenvalue weighted by Crippen LogP contribution is 2.24. The van der Waals surface area contributed by atoms with Crippen LogP contribution in [0.25, 0.3) is 0 Å². The summed E-state index contributed by atoms with van der Waals surface area (Å²) in [5.41, 5.74) is 0. The number of piperidine rings is 1. The van der Waals surface area contributed by atoms with E-state index in [1.54, 1.807) is 6.92 Å². The molecule has 2 unspecified atom stereocenters. The van der Waals surface area contributed by atoms with E-state index in [0.29, 0.717) is 17.6 Å². The molecule has 0 spiro atoms. The van der Waals surface area contributed by atoms with Gasteiger partial charge < -0.3 is 5.32 Å². The van der Waals surface area contributed by atoms with E-state index < -0.39 is 0 Å². The van der Waals surface area contributed by atoms with Crippen LogP contribution in [-0.2, 0) is 4.79 Å². The summed E-state index contributed by atoms with van der Waals surface area (Å²) >= 11 is 0. The maximum atomic E-state index is 11.3. The molecule has 1 aliphatic heterocycles. The predicted molar refractivity (Wildman–Crippen MR) is 61.4 cm³/mol. The minimum Gasteiger partial charge on any atom is -0.307 e. The van der Waals surface area contributed by atoms with Gasteiger partial charge in [-0.25, -0.2) is 0 Å². The fraction of sp³-hybridized carbons (Fsp3) is 0.917. The van der Waals surface area contributed by atoms with Crippen molar-refractivity contribution in [3.8, 4) is 0 Å². The summed E-state index contributed by atoms with van der Waals surface area (Å²) in [5.74, 6) is 1.47. The van der Waals surface area contributed by atoms with Crippen molar-refractivity contribution in [2.75, 3.05) is 6.54 Å². The van der Waals surface area contributed by atoms with Gasteiger partial charge in [0.05, 0.1) is 6.04 Å². The maximum Gasteiger partial charge on any atom is 0.146 e. The Morgan fingerprint density at radius 2 is 1.93 bits per heavy atom. The third kappa shape index (κ3) is 3.79. The van der Waals surface area contributed by atoms with E-state index in [9.17, 15) is 4.79 Å². The first-order valence-electron chi connectivity index (χ1n) is 5.86. The number of ketones is 1. The monoisotopic (exact) mass is 199 g/mol. The zero-order valence-corrected chi connectivity index (χ0v) is 10.3. The normalized spacial score (nSPS) is 26.7. The van der Waals surface area contributed by atoms with Gasteiger partial charge in [0.25, 0.3) is 0 Å². The molecule has 2 atom stereocenters. The van der Waals surface area contributed by atoms with Crippen LogP contribution in [0.3, 0.4) is 0 Å². The zero-order valence-electron chi connectivity index (χ0n) is 10.3. The third-order valence-corrected chi connectivity index (χ3v) is 2.80. The van der Waals surface area contributed by atoms with Crippen LogP contribution in [0, 0.1) is 11.8 Å². The molecule has 1 saturated heterocycles. The molecule has 1 aliphatic rings. The van der Waals surface area contributed by atoms with Crippen LogP contribution in [-0.4, -0.2) is 18.4 Å². The second-order valence-corrected chi connectivity index (χ2v) is 4.09. The van der Waals surface area contributed by atoms with Crippen LogP contribution < -0.4 is 5.32 Å². The first-order chi connectivity index (χ1) is 6.63. The van der Waals surface area contributed by atoms with Crippen LogP contribution in [0.1, 0.15) is 47.5 Å². The number of carbonyl (C=O) groups is 1. The van der Waals surface area contributed by atoms with Gasteiger partial charge in [0.2, 0.25) is 0 Å². The molecule has 1 heterocycles. The van der Waals surface area contributed by atoms with Gasteiger partial charge >= 0.3 is 0 Å². The van der Waals surface area contributed by atoms with Crippen LogP contribution in [0.5, 0.6) is 0 Å². The Hall–Kier alpha value is -0.370. The number of Topliss-reactive ketones (excluding diaryl/α,β-unsaturated/α-hetero) is 1. The van der Waals surface area contributed by atoms with E-state index >= 15 is 0 Å². The number of nitrogens with one attached hydrogen (secondary N) is 1. The van der Waals surface area contributed by atoms with Gasteiger partial charge in [0.1, 0.15) is 5.78 Å². The average Bonchev–Trinajstić information content (AvgIpc) is 2.20. The van der Waals surface area contributed by atoms with E-state index in [1.807, 2.05) is 13.8 Å². The molecule has 0 saturated carbocycles. The molecule has 0 aromatic heterocycles. The van der Waals surface area contributed by atoms with E-state index in [1.165, 1.54) is 12.8 Å². The van der Waals surface area contributed by atoms with Crippen molar-refractivity contribution in [2.45, 2.75) is 53.5 Å². The minimum absolute atomic E-state index is 0.124. The quantitative estimate of drug-likeness (QED) is 0.740. The number of rotatable bonds is 2. The standard InChI is InChI=1S/C10H19NO.C2H6/c1-7(2)9-5-4-6-11-10(9)8(3)12;1-2/h7,9-11H,4-6H2,1-3H3;1-2H3. The Morgan fingerprint density at radius 3 is 2.29 bits per heavy atom. The predicted octanol–water partition coefficient (Wildman–Crippen LogP) is 2.63. The summed E-state index contributed by atoms with van der Waals surface area (Å²) in [6.07, 6.45) is 2.42. The SMILES string of the molecule is CC.CC(=O)C1NCCCC1C(C)C. The lowest BCUT2D eigenvalue weighted by atomic mass is 9.81. The lowest BCUT2D eigenvalue weighted by Crippen LogP contribution is -2.47. The lowest BCUT2D eigenvalue weighted by molar-refractivity contribution is -0.121. The zero-order chi connectivity index (χ0) is 11.1. The molecule has 1 N–H and O–H groups in total. The number of carbonyl (C=O) groups excluding carboxylic acids is 1. The molecular formula is C12H25NO. The fourth-order valence-electron chi connectivity index (χ4n) is 2.08. The van der Waals surface area contributed by atoms with Crippen molar-refractivity contribution in [2.24, 2.45) is 11.8 Å². The summed E-state index contributed by atoms with van der Waals surface area (Å²) in [6, 6.07) is 0.124. The van der Waals surface area contributed by atoms with Crippen molar-refractivity contribution in [3.05, 3.63) is 0 Å². The van der Waals surface area contributed by atoms with Crippen LogP contribution >= 0.6 is 0 Å². The molecule has 2 nitrogen and oxygen atoms in total. The Bertz CT molecular complexity index is 166. The Labute approximate surface area is 88.5 Å². The second kappa shape index (κ2) is 6.99. The average molecular weight is 199 g/mol. The van der Waals surface area contributed by atoms with Gasteiger partial charge in [0.15, 0.2) is 0 Å². The first-order valence-corrected chi connectivity index (χ1v) is 5.86. The summed E-state index contributed by atoms with van der Waals surface area (Å²) in [4.78, 5) is 11.3. The Balaban J connectivity index is 0.000000791. The van der Waals surface area contributed by atoms with Crippen molar-refractivity contribution < 1.29 is 4.79 Å². The van der Waals surface area contributed by atoms with Crippen LogP contribution in [0.15, 0.2) is 0 Å². The Morgan fingerprint density at radius 1 is 1.36 bits per heavy atom. The molecule has 1 rings (SSSR count). The number of hydrogen-bond donors (Lipinski definition) is 1. The van der Waals surface area contributed by atoms with Crippen LogP contribution in [0.4, 0.5) is 0 Å². The van der Waals surface area contributed by atoms with Crippen molar-refractivity contribution in [1.82, 2.24) is 5.32 Å². The molecule has 0 radical (unpaired) electrons. The second-order valence-electron chi connectivity index (χ2n) is 4.09. The van der Waals surface area contributed by atoms with Gasteiger partial charge in [-0.15, -0.1) is 0 Å². The van der Waals surface area contributed by atoms with E-state index in [-0.39, 0.29) is 6.04 Å². The molecule has 0 aliphatic carbocycles. The molecule has 2 heteroatoms. The molecular weight excluding hydrogens is 174 g/mol. The van der Waals surface area contributed by atoms with E-state index in [4.69, 9.17) is 0 Å². The molecule has 84 valence electrons. The van der Waals surface area contributed by atoms with Crippen molar-refractivity contribution >= 4 is 5.78 Å². The van der Waals surface area contributed by atoms with Gasteiger partial charge in [-0.05, 0) is 38.1 Å². The highest BCUT2D eigenvalue weighted by molar-refractivity contribution is 5.81. The summed E-state index contributed by atoms with van der Waals surface area (Å²) in [5, 5.41) is 3.30. The van der Waals surface area contributed by atoms with Gasteiger partial charge in [-0.2, -0.15) is 0 Å². The lowest BCUT2D eigenvalue weighted by Gasteiger charge is -2.33. The summed E-state index contributed by atoms with van der Waals surface area (Å²) < 4.78 is 0. The summed E-state index contributed by atoms with van der Waals surface area (Å²) in [6.45, 7) is 11.1. The topological polar surface area (TPSA) is 29.1 Å². The molecule has 0 aromatic carbocycles. The van der Waals surface area contributed by atoms with Gasteiger partial charge in [0, 0.05) is 0 Å². The summed E-state index contributed by atoms with van der Waals surface area (Å²) in [7, 11) is 0. The molecule has 0 bridgehead atoms. The highest BCUT2D eigenvalue weighted by Gasteiger charge is 2.29. The third-order valence-electron chi connectivity index (χ3n) is 2.80. The molecule has 0 amide bonds. The smallest absolute Gasteiger partial charge is 0.146 e. The molecule has 0 aromatic rings. The Kier molecular flexibility index (Phi) is 6.81. The van der Waals surface area contributed by atoms with E-state index in [2.05, 4.69) is 19.2 Å². The van der Waals surface area contributed by atoms with Gasteiger partial charge in [-0.3, -0.25) is 4.79 Å². The van der Waals surface area contributed by atoms with Crippen LogP contribution in [0.2, 0.25) is 0 Å². The first kappa shape index (κ1) is 13.6. The maximum absolute atomic E-state index is 11.3. The van der Waals surface area contributed by atoms with Crippen molar-refractivity contribution in [1.29, 1.82) is 0 Å². The molecule has 1 fully saturated rings. The number of hydrogen-bond acceptors (Lipinski definition) is 2. The molecule has 14 heavy (non-hydrogen) atoms.